The Morgan fingerprint density at radius 1 is 1.29 bits per heavy atom. The first-order valence-electron chi connectivity index (χ1n) is 6.72. The van der Waals surface area contributed by atoms with Crippen LogP contribution in [0.3, 0.4) is 0 Å². The van der Waals surface area contributed by atoms with Gasteiger partial charge in [0.2, 0.25) is 0 Å². The van der Waals surface area contributed by atoms with Crippen LogP contribution in [-0.2, 0) is 0 Å². The molecule has 4 saturated heterocycles. The lowest BCUT2D eigenvalue weighted by Crippen LogP contribution is -2.70. The molecular weight excluding hydrogens is 214 g/mol. The molecule has 4 heteroatoms. The monoisotopic (exact) mass is 235 g/mol. The minimum atomic E-state index is -1.10. The standard InChI is InChI=1S/C13H21N3O/c1-2-3-12-9-15-4-5-16(10-12)7-11(6-15)13(12,17)8-14/h11,17H,2-7,9-10H2,1H3/t11?,12?,13-/m1/s1. The van der Waals surface area contributed by atoms with Gasteiger partial charge < -0.3 is 14.9 Å². The number of hydrogen-bond donors (Lipinski definition) is 1. The van der Waals surface area contributed by atoms with Crippen LogP contribution in [0.4, 0.5) is 0 Å². The highest BCUT2D eigenvalue weighted by atomic mass is 16.3. The number of nitriles is 1. The predicted molar refractivity (Wildman–Crippen MR) is 64.3 cm³/mol. The molecule has 0 aromatic carbocycles. The highest BCUT2D eigenvalue weighted by molar-refractivity contribution is 5.23. The Balaban J connectivity index is 2.05. The summed E-state index contributed by atoms with van der Waals surface area (Å²) in [6.07, 6.45) is 2.00. The van der Waals surface area contributed by atoms with E-state index in [1.54, 1.807) is 0 Å². The molecule has 2 unspecified atom stereocenters. The zero-order valence-corrected chi connectivity index (χ0v) is 10.5. The van der Waals surface area contributed by atoms with Gasteiger partial charge in [-0.1, -0.05) is 13.3 Å². The molecule has 0 aromatic rings. The van der Waals surface area contributed by atoms with Gasteiger partial charge in [-0.2, -0.15) is 5.26 Å². The Labute approximate surface area is 103 Å². The Kier molecular flexibility index (Phi) is 2.48. The van der Waals surface area contributed by atoms with E-state index in [4.69, 9.17) is 0 Å². The Bertz CT molecular complexity index is 348. The van der Waals surface area contributed by atoms with E-state index in [9.17, 15) is 10.4 Å². The van der Waals surface area contributed by atoms with E-state index < -0.39 is 5.60 Å². The lowest BCUT2D eigenvalue weighted by Gasteiger charge is -2.57. The van der Waals surface area contributed by atoms with Crippen molar-refractivity contribution in [1.82, 2.24) is 9.80 Å². The van der Waals surface area contributed by atoms with E-state index >= 15 is 0 Å². The van der Waals surface area contributed by atoms with Crippen LogP contribution >= 0.6 is 0 Å². The smallest absolute Gasteiger partial charge is 0.164 e. The van der Waals surface area contributed by atoms with Gasteiger partial charge >= 0.3 is 0 Å². The summed E-state index contributed by atoms with van der Waals surface area (Å²) in [7, 11) is 0. The van der Waals surface area contributed by atoms with E-state index in [-0.39, 0.29) is 11.3 Å². The number of aliphatic hydroxyl groups is 1. The average Bonchev–Trinajstić information content (AvgIpc) is 2.55. The maximum atomic E-state index is 10.9. The molecular formula is C13H21N3O. The molecule has 4 aliphatic rings. The predicted octanol–water partition coefficient (Wildman–Crippen LogP) is 0.289. The van der Waals surface area contributed by atoms with Crippen LogP contribution in [0.25, 0.3) is 0 Å². The molecule has 0 saturated carbocycles. The summed E-state index contributed by atoms with van der Waals surface area (Å²) in [4.78, 5) is 4.91. The summed E-state index contributed by atoms with van der Waals surface area (Å²) in [5, 5.41) is 20.4. The van der Waals surface area contributed by atoms with Crippen molar-refractivity contribution >= 4 is 0 Å². The molecule has 1 N–H and O–H groups in total. The van der Waals surface area contributed by atoms with Crippen LogP contribution in [0.15, 0.2) is 0 Å². The van der Waals surface area contributed by atoms with E-state index in [1.165, 1.54) is 0 Å². The van der Waals surface area contributed by atoms with E-state index in [1.807, 2.05) is 0 Å². The fourth-order valence-electron chi connectivity index (χ4n) is 4.32. The molecule has 4 heterocycles. The first-order chi connectivity index (χ1) is 8.13. The van der Waals surface area contributed by atoms with Crippen molar-refractivity contribution in [3.63, 3.8) is 0 Å². The summed E-state index contributed by atoms with van der Waals surface area (Å²) >= 11 is 0. The van der Waals surface area contributed by atoms with Crippen molar-refractivity contribution in [1.29, 1.82) is 5.26 Å². The highest BCUT2D eigenvalue weighted by Crippen LogP contribution is 2.50. The Hall–Kier alpha value is -0.630. The molecule has 0 spiro atoms. The first-order valence-corrected chi connectivity index (χ1v) is 6.72. The second-order valence-electron chi connectivity index (χ2n) is 6.08. The van der Waals surface area contributed by atoms with E-state index in [0.717, 1.165) is 52.1 Å². The van der Waals surface area contributed by atoms with E-state index in [0.29, 0.717) is 0 Å². The summed E-state index contributed by atoms with van der Waals surface area (Å²) < 4.78 is 0. The largest absolute Gasteiger partial charge is 0.374 e. The van der Waals surface area contributed by atoms with Gasteiger partial charge in [-0.15, -0.1) is 0 Å². The molecule has 4 rings (SSSR count). The number of hydrogen-bond acceptors (Lipinski definition) is 4. The van der Waals surface area contributed by atoms with Crippen LogP contribution in [0, 0.1) is 22.7 Å². The maximum absolute atomic E-state index is 10.9. The molecule has 94 valence electrons. The van der Waals surface area contributed by atoms with Crippen molar-refractivity contribution in [2.75, 3.05) is 39.3 Å². The van der Waals surface area contributed by atoms with Gasteiger partial charge in [0, 0.05) is 50.6 Å². The fourth-order valence-corrected chi connectivity index (χ4v) is 4.32. The molecule has 0 aliphatic carbocycles. The number of rotatable bonds is 2. The third-order valence-corrected chi connectivity index (χ3v) is 5.04. The lowest BCUT2D eigenvalue weighted by molar-refractivity contribution is -0.167. The van der Waals surface area contributed by atoms with Crippen LogP contribution in [-0.4, -0.2) is 59.8 Å². The molecule has 0 radical (unpaired) electrons. The van der Waals surface area contributed by atoms with Gasteiger partial charge in [0.25, 0.3) is 0 Å². The molecule has 4 nitrogen and oxygen atoms in total. The van der Waals surface area contributed by atoms with Crippen molar-refractivity contribution in [2.24, 2.45) is 11.3 Å². The average molecular weight is 235 g/mol. The number of piperidine rings is 2. The molecule has 17 heavy (non-hydrogen) atoms. The minimum absolute atomic E-state index is 0.115. The van der Waals surface area contributed by atoms with Crippen LogP contribution in [0.5, 0.6) is 0 Å². The van der Waals surface area contributed by atoms with Gasteiger partial charge in [0.05, 0.1) is 6.07 Å². The minimum Gasteiger partial charge on any atom is -0.374 e. The highest BCUT2D eigenvalue weighted by Gasteiger charge is 2.63. The lowest BCUT2D eigenvalue weighted by atomic mass is 9.59. The quantitative estimate of drug-likeness (QED) is 0.699. The van der Waals surface area contributed by atoms with Crippen molar-refractivity contribution in [3.8, 4) is 6.07 Å². The van der Waals surface area contributed by atoms with Gasteiger partial charge in [-0.05, 0) is 6.42 Å². The van der Waals surface area contributed by atoms with Crippen molar-refractivity contribution in [3.05, 3.63) is 0 Å². The van der Waals surface area contributed by atoms with Crippen LogP contribution in [0.1, 0.15) is 19.8 Å². The molecule has 4 fully saturated rings. The normalized spacial score (nSPS) is 52.2. The first kappa shape index (κ1) is 11.5. The SMILES string of the molecule is CCCC12CN3CCN(CC(C3)[C@]1(O)C#N)C2. The van der Waals surface area contributed by atoms with Crippen molar-refractivity contribution < 1.29 is 5.11 Å². The second-order valence-corrected chi connectivity index (χ2v) is 6.08. The summed E-state index contributed by atoms with van der Waals surface area (Å²) in [5.41, 5.74) is -1.31. The fraction of sp³-hybridized carbons (Fsp3) is 0.923. The van der Waals surface area contributed by atoms with Gasteiger partial charge in [-0.25, -0.2) is 0 Å². The zero-order valence-electron chi connectivity index (χ0n) is 10.5. The molecule has 3 atom stereocenters. The molecule has 4 aliphatic heterocycles. The van der Waals surface area contributed by atoms with Crippen LogP contribution < -0.4 is 0 Å². The topological polar surface area (TPSA) is 50.5 Å². The maximum Gasteiger partial charge on any atom is 0.164 e. The number of fused-ring (bicyclic) bond motifs is 1. The van der Waals surface area contributed by atoms with Crippen LogP contribution in [0.2, 0.25) is 0 Å². The molecule has 0 amide bonds. The molecule has 0 aromatic heterocycles. The van der Waals surface area contributed by atoms with Gasteiger partial charge in [0.15, 0.2) is 5.60 Å². The summed E-state index contributed by atoms with van der Waals surface area (Å²) in [6, 6.07) is 2.28. The van der Waals surface area contributed by atoms with E-state index in [2.05, 4.69) is 22.8 Å². The zero-order chi connectivity index (χ0) is 12.1. The summed E-state index contributed by atoms with van der Waals surface area (Å²) in [5.74, 6) is 0.115. The Morgan fingerprint density at radius 2 is 1.88 bits per heavy atom. The number of nitrogens with zero attached hydrogens (tertiary/aromatic N) is 3. The Morgan fingerprint density at radius 3 is 2.35 bits per heavy atom. The molecule has 4 bridgehead atoms. The van der Waals surface area contributed by atoms with Gasteiger partial charge in [-0.3, -0.25) is 0 Å². The third-order valence-electron chi connectivity index (χ3n) is 5.04. The third kappa shape index (κ3) is 1.40. The summed E-state index contributed by atoms with van der Waals surface area (Å²) in [6.45, 7) is 7.94. The second kappa shape index (κ2) is 3.68. The van der Waals surface area contributed by atoms with Crippen molar-refractivity contribution in [2.45, 2.75) is 25.4 Å². The van der Waals surface area contributed by atoms with Gasteiger partial charge in [0.1, 0.15) is 0 Å².